The molecule has 0 heterocycles. The van der Waals surface area contributed by atoms with Gasteiger partial charge in [0.1, 0.15) is 6.04 Å². The minimum absolute atomic E-state index is 0.173. The van der Waals surface area contributed by atoms with E-state index in [1.54, 1.807) is 0 Å². The third-order valence-electron chi connectivity index (χ3n) is 5.90. The van der Waals surface area contributed by atoms with Crippen molar-refractivity contribution in [1.29, 1.82) is 0 Å². The van der Waals surface area contributed by atoms with Crippen molar-refractivity contribution in [2.45, 2.75) is 49.9 Å². The van der Waals surface area contributed by atoms with Crippen LogP contribution < -0.4 is 16.4 Å². The molecule has 8 nitrogen and oxygen atoms in total. The maximum atomic E-state index is 13.1. The largest absolute Gasteiger partial charge is 0.480 e. The second-order valence-corrected chi connectivity index (χ2v) is 9.37. The molecule has 7 atom stereocenters. The monoisotopic (exact) mass is 483 g/mol. The molecule has 0 unspecified atom stereocenters. The topological polar surface area (TPSA) is 142 Å². The van der Waals surface area contributed by atoms with E-state index < -0.39 is 53.8 Å². The summed E-state index contributed by atoms with van der Waals surface area (Å²) < 4.78 is 0. The van der Waals surface area contributed by atoms with E-state index in [0.717, 1.165) is 5.56 Å². The standard InChI is InChI=1S/C22H33N3O5S2/c1-3-14(24-20(27)13(23)11-31)19(26)17-16(12-7-5-4-6-8-12)18(17)21(28)25-15(22(29)30)9-10-32-2/h4-8,13-19,26,31H,3,9-11,23H2,1-2H3,(H,24,27)(H,25,28)(H,29,30)/t13-,14-,15-,16+,17-,18+,19+/m0/s1. The fourth-order valence-corrected chi connectivity index (χ4v) is 4.67. The van der Waals surface area contributed by atoms with Gasteiger partial charge in [0.15, 0.2) is 0 Å². The van der Waals surface area contributed by atoms with Gasteiger partial charge in [-0.05, 0) is 30.4 Å². The Morgan fingerprint density at radius 2 is 1.88 bits per heavy atom. The summed E-state index contributed by atoms with van der Waals surface area (Å²) in [6.45, 7) is 1.83. The number of nitrogens with two attached hydrogens (primary N) is 1. The summed E-state index contributed by atoms with van der Waals surface area (Å²) in [6, 6.07) is 6.98. The van der Waals surface area contributed by atoms with Crippen LogP contribution in [0.3, 0.4) is 0 Å². The number of benzene rings is 1. The summed E-state index contributed by atoms with van der Waals surface area (Å²) in [7, 11) is 0. The smallest absolute Gasteiger partial charge is 0.326 e. The molecule has 1 aliphatic carbocycles. The molecule has 32 heavy (non-hydrogen) atoms. The molecule has 178 valence electrons. The Labute approximate surface area is 198 Å². The average molecular weight is 484 g/mol. The van der Waals surface area contributed by atoms with Crippen LogP contribution >= 0.6 is 24.4 Å². The van der Waals surface area contributed by atoms with Crippen LogP contribution in [-0.4, -0.2) is 70.0 Å². The quantitative estimate of drug-likeness (QED) is 0.228. The van der Waals surface area contributed by atoms with Gasteiger partial charge >= 0.3 is 5.97 Å². The van der Waals surface area contributed by atoms with Gasteiger partial charge in [-0.1, -0.05) is 37.3 Å². The number of aliphatic hydroxyl groups is 1. The number of carbonyl (C=O) groups excluding carboxylic acids is 2. The number of thioether (sulfide) groups is 1. The zero-order valence-corrected chi connectivity index (χ0v) is 20.0. The third-order valence-corrected chi connectivity index (χ3v) is 6.93. The van der Waals surface area contributed by atoms with Crippen molar-refractivity contribution in [1.82, 2.24) is 10.6 Å². The van der Waals surface area contributed by atoms with Crippen molar-refractivity contribution < 1.29 is 24.6 Å². The van der Waals surface area contributed by atoms with Crippen molar-refractivity contribution in [3.8, 4) is 0 Å². The number of hydrogen-bond donors (Lipinski definition) is 6. The van der Waals surface area contributed by atoms with Crippen molar-refractivity contribution in [3.63, 3.8) is 0 Å². The van der Waals surface area contributed by atoms with Gasteiger partial charge in [-0.25, -0.2) is 4.79 Å². The minimum atomic E-state index is -1.08. The number of carboxylic acid groups (broad SMARTS) is 1. The van der Waals surface area contributed by atoms with Crippen LogP contribution in [-0.2, 0) is 14.4 Å². The first-order valence-electron chi connectivity index (χ1n) is 10.7. The summed E-state index contributed by atoms with van der Waals surface area (Å²) in [6.07, 6.45) is 1.64. The first-order chi connectivity index (χ1) is 15.3. The molecule has 1 aliphatic rings. The number of nitrogens with one attached hydrogen (secondary N) is 2. The fourth-order valence-electron chi connectivity index (χ4n) is 4.03. The Kier molecular flexibility index (Phi) is 10.3. The Hall–Kier alpha value is -1.75. The first-order valence-corrected chi connectivity index (χ1v) is 12.7. The predicted octanol–water partition coefficient (Wildman–Crippen LogP) is 0.852. The fraction of sp³-hybridized carbons (Fsp3) is 0.591. The van der Waals surface area contributed by atoms with Crippen molar-refractivity contribution in [3.05, 3.63) is 35.9 Å². The highest BCUT2D eigenvalue weighted by Gasteiger charge is 2.60. The third kappa shape index (κ3) is 6.63. The van der Waals surface area contributed by atoms with Crippen LogP contribution in [0.2, 0.25) is 0 Å². The molecule has 0 aromatic heterocycles. The molecule has 1 saturated carbocycles. The van der Waals surface area contributed by atoms with E-state index in [9.17, 15) is 24.6 Å². The number of carboxylic acids is 1. The van der Waals surface area contributed by atoms with Crippen molar-refractivity contribution in [2.75, 3.05) is 17.8 Å². The normalized spacial score (nSPS) is 23.5. The molecule has 0 bridgehead atoms. The van der Waals surface area contributed by atoms with Gasteiger partial charge in [0.2, 0.25) is 11.8 Å². The van der Waals surface area contributed by atoms with Crippen molar-refractivity contribution in [2.24, 2.45) is 17.6 Å². The van der Waals surface area contributed by atoms with Gasteiger partial charge in [0.05, 0.1) is 24.1 Å². The summed E-state index contributed by atoms with van der Waals surface area (Å²) in [5.41, 5.74) is 6.63. The molecule has 6 N–H and O–H groups in total. The maximum absolute atomic E-state index is 13.1. The maximum Gasteiger partial charge on any atom is 0.326 e. The molecule has 0 aliphatic heterocycles. The van der Waals surface area contributed by atoms with E-state index >= 15 is 0 Å². The molecule has 1 aromatic rings. The number of thiol groups is 1. The van der Waals surface area contributed by atoms with Crippen LogP contribution in [0.5, 0.6) is 0 Å². The van der Waals surface area contributed by atoms with E-state index in [1.165, 1.54) is 11.8 Å². The number of rotatable bonds is 13. The molecule has 2 amide bonds. The molecular weight excluding hydrogens is 450 g/mol. The van der Waals surface area contributed by atoms with Gasteiger partial charge in [0, 0.05) is 17.6 Å². The summed E-state index contributed by atoms with van der Waals surface area (Å²) in [5.74, 6) is -2.43. The van der Waals surface area contributed by atoms with Crippen LogP contribution in [0, 0.1) is 11.8 Å². The lowest BCUT2D eigenvalue weighted by molar-refractivity contribution is -0.142. The van der Waals surface area contributed by atoms with Crippen molar-refractivity contribution >= 4 is 42.2 Å². The Morgan fingerprint density at radius 1 is 1.22 bits per heavy atom. The minimum Gasteiger partial charge on any atom is -0.480 e. The molecule has 1 fully saturated rings. The van der Waals surface area contributed by atoms with Crippen LogP contribution in [0.1, 0.15) is 31.2 Å². The van der Waals surface area contributed by atoms with E-state index in [4.69, 9.17) is 5.73 Å². The zero-order chi connectivity index (χ0) is 23.8. The number of hydrogen-bond acceptors (Lipinski definition) is 7. The second kappa shape index (κ2) is 12.5. The van der Waals surface area contributed by atoms with Gasteiger partial charge < -0.3 is 26.6 Å². The lowest BCUT2D eigenvalue weighted by Gasteiger charge is -2.25. The molecule has 10 heteroatoms. The Balaban J connectivity index is 2.21. The van der Waals surface area contributed by atoms with E-state index in [0.29, 0.717) is 18.6 Å². The number of amides is 2. The second-order valence-electron chi connectivity index (χ2n) is 8.02. The molecule has 1 aromatic carbocycles. The van der Waals surface area contributed by atoms with Crippen LogP contribution in [0.25, 0.3) is 0 Å². The SMILES string of the molecule is CC[C@H](NC(=O)[C@@H](N)CS)[C@@H](O)[C@@H]1[C@H](C(=O)N[C@@H](CCSC)C(=O)O)[C@@H]1c1ccccc1. The lowest BCUT2D eigenvalue weighted by atomic mass is 9.99. The molecule has 0 spiro atoms. The highest BCUT2D eigenvalue weighted by molar-refractivity contribution is 7.98. The highest BCUT2D eigenvalue weighted by atomic mass is 32.2. The summed E-state index contributed by atoms with van der Waals surface area (Å²) in [4.78, 5) is 36.9. The molecule has 2 rings (SSSR count). The average Bonchev–Trinajstić information content (AvgIpc) is 3.55. The van der Waals surface area contributed by atoms with Gasteiger partial charge in [-0.15, -0.1) is 0 Å². The summed E-state index contributed by atoms with van der Waals surface area (Å²) in [5, 5.41) is 26.0. The Morgan fingerprint density at radius 3 is 2.41 bits per heavy atom. The lowest BCUT2D eigenvalue weighted by Crippen LogP contribution is -2.51. The summed E-state index contributed by atoms with van der Waals surface area (Å²) >= 11 is 5.54. The van der Waals surface area contributed by atoms with Crippen LogP contribution in [0.15, 0.2) is 30.3 Å². The number of aliphatic hydroxyl groups excluding tert-OH is 1. The van der Waals surface area contributed by atoms with Gasteiger partial charge in [-0.3, -0.25) is 9.59 Å². The van der Waals surface area contributed by atoms with E-state index in [2.05, 4.69) is 23.3 Å². The number of aliphatic carboxylic acids is 1. The van der Waals surface area contributed by atoms with Crippen LogP contribution in [0.4, 0.5) is 0 Å². The number of carbonyl (C=O) groups is 3. The van der Waals surface area contributed by atoms with Gasteiger partial charge in [0.25, 0.3) is 0 Å². The Bertz CT molecular complexity index is 782. The van der Waals surface area contributed by atoms with Gasteiger partial charge in [-0.2, -0.15) is 24.4 Å². The first kappa shape index (κ1) is 26.5. The highest BCUT2D eigenvalue weighted by Crippen LogP contribution is 2.56. The molecule has 0 saturated heterocycles. The van der Waals surface area contributed by atoms with E-state index in [1.807, 2.05) is 43.5 Å². The van der Waals surface area contributed by atoms with E-state index in [-0.39, 0.29) is 11.7 Å². The zero-order valence-electron chi connectivity index (χ0n) is 18.3. The predicted molar refractivity (Wildman–Crippen MR) is 129 cm³/mol. The molecule has 0 radical (unpaired) electrons. The molecular formula is C22H33N3O5S2.